The fraction of sp³-hybridized carbons (Fsp3) is 0.438. The van der Waals surface area contributed by atoms with Gasteiger partial charge < -0.3 is 0 Å². The zero-order chi connectivity index (χ0) is 15.4. The van der Waals surface area contributed by atoms with E-state index in [9.17, 15) is 0 Å². The van der Waals surface area contributed by atoms with Crippen molar-refractivity contribution in [1.29, 1.82) is 0 Å². The van der Waals surface area contributed by atoms with Crippen LogP contribution in [0.1, 0.15) is 23.9 Å². The van der Waals surface area contributed by atoms with Crippen molar-refractivity contribution in [2.24, 2.45) is 5.92 Å². The SMILES string of the molecule is CCn1nc(C)c(Br)c1CC(CBr)Cc1cccc(Br)c1. The molecule has 1 unspecified atom stereocenters. The molecule has 0 spiro atoms. The Balaban J connectivity index is 2.16. The Labute approximate surface area is 151 Å². The van der Waals surface area contributed by atoms with Gasteiger partial charge in [0, 0.05) is 16.3 Å². The first-order valence-corrected chi connectivity index (χ1v) is 9.78. The summed E-state index contributed by atoms with van der Waals surface area (Å²) in [4.78, 5) is 0. The second kappa shape index (κ2) is 7.93. The highest BCUT2D eigenvalue weighted by atomic mass is 79.9. The third-order valence-electron chi connectivity index (χ3n) is 3.57. The third-order valence-corrected chi connectivity index (χ3v) is 6.01. The van der Waals surface area contributed by atoms with Crippen molar-refractivity contribution in [3.8, 4) is 0 Å². The van der Waals surface area contributed by atoms with Crippen LogP contribution in [0, 0.1) is 12.8 Å². The van der Waals surface area contributed by atoms with Crippen LogP contribution in [0.15, 0.2) is 33.2 Å². The van der Waals surface area contributed by atoms with Crippen molar-refractivity contribution >= 4 is 47.8 Å². The molecule has 5 heteroatoms. The number of hydrogen-bond donors (Lipinski definition) is 0. The maximum Gasteiger partial charge on any atom is 0.0738 e. The smallest absolute Gasteiger partial charge is 0.0738 e. The molecule has 0 amide bonds. The summed E-state index contributed by atoms with van der Waals surface area (Å²) in [5.74, 6) is 0.553. The molecule has 2 nitrogen and oxygen atoms in total. The summed E-state index contributed by atoms with van der Waals surface area (Å²) in [6.07, 6.45) is 2.08. The molecule has 1 heterocycles. The summed E-state index contributed by atoms with van der Waals surface area (Å²) < 4.78 is 4.41. The van der Waals surface area contributed by atoms with Gasteiger partial charge in [0.2, 0.25) is 0 Å². The highest BCUT2D eigenvalue weighted by Gasteiger charge is 2.17. The van der Waals surface area contributed by atoms with E-state index < -0.39 is 0 Å². The number of aromatic nitrogens is 2. The van der Waals surface area contributed by atoms with Crippen LogP contribution in [0.5, 0.6) is 0 Å². The predicted octanol–water partition coefficient (Wildman–Crippen LogP) is 5.53. The van der Waals surface area contributed by atoms with Gasteiger partial charge in [-0.15, -0.1) is 0 Å². The number of hydrogen-bond acceptors (Lipinski definition) is 1. The van der Waals surface area contributed by atoms with Gasteiger partial charge in [-0.1, -0.05) is 44.0 Å². The van der Waals surface area contributed by atoms with Gasteiger partial charge >= 0.3 is 0 Å². The van der Waals surface area contributed by atoms with Crippen LogP contribution < -0.4 is 0 Å². The van der Waals surface area contributed by atoms with Gasteiger partial charge in [-0.2, -0.15) is 5.10 Å². The van der Waals surface area contributed by atoms with Crippen LogP contribution in [0.4, 0.5) is 0 Å². The molecule has 2 aromatic rings. The standard InChI is InChI=1S/C16H19Br3N2/c1-3-21-15(16(19)11(2)20-21)9-13(10-17)7-12-5-4-6-14(18)8-12/h4-6,8,13H,3,7,9-10H2,1-2H3. The molecule has 0 fully saturated rings. The van der Waals surface area contributed by atoms with Crippen LogP contribution in [0.2, 0.25) is 0 Å². The molecule has 1 atom stereocenters. The van der Waals surface area contributed by atoms with E-state index in [1.165, 1.54) is 11.3 Å². The maximum absolute atomic E-state index is 4.58. The van der Waals surface area contributed by atoms with E-state index in [1.54, 1.807) is 0 Å². The zero-order valence-corrected chi connectivity index (χ0v) is 17.0. The summed E-state index contributed by atoms with van der Waals surface area (Å²) in [5, 5.41) is 5.57. The van der Waals surface area contributed by atoms with E-state index in [2.05, 4.69) is 95.7 Å². The minimum atomic E-state index is 0.553. The van der Waals surface area contributed by atoms with Crippen LogP contribution in [-0.4, -0.2) is 15.1 Å². The first-order chi connectivity index (χ1) is 10.0. The lowest BCUT2D eigenvalue weighted by Gasteiger charge is -2.15. The zero-order valence-electron chi connectivity index (χ0n) is 12.2. The van der Waals surface area contributed by atoms with Gasteiger partial charge in [0.25, 0.3) is 0 Å². The first kappa shape index (κ1) is 17.2. The van der Waals surface area contributed by atoms with Crippen molar-refractivity contribution < 1.29 is 0 Å². The van der Waals surface area contributed by atoms with E-state index >= 15 is 0 Å². The number of alkyl halides is 1. The fourth-order valence-corrected chi connectivity index (χ4v) is 3.87. The van der Waals surface area contributed by atoms with E-state index in [4.69, 9.17) is 0 Å². The second-order valence-corrected chi connectivity index (χ2v) is 7.58. The third kappa shape index (κ3) is 4.42. The summed E-state index contributed by atoms with van der Waals surface area (Å²) in [6, 6.07) is 8.56. The number of halogens is 3. The number of benzene rings is 1. The van der Waals surface area contributed by atoms with Gasteiger partial charge in [-0.05, 0) is 66.2 Å². The molecule has 0 aliphatic carbocycles. The summed E-state index contributed by atoms with van der Waals surface area (Å²) in [5.41, 5.74) is 3.74. The molecule has 1 aromatic heterocycles. The van der Waals surface area contributed by atoms with Crippen molar-refractivity contribution in [2.75, 3.05) is 5.33 Å². The van der Waals surface area contributed by atoms with Gasteiger partial charge in [0.1, 0.15) is 0 Å². The molecule has 2 rings (SSSR count). The van der Waals surface area contributed by atoms with E-state index in [1.807, 2.05) is 0 Å². The Hall–Kier alpha value is -0.130. The first-order valence-electron chi connectivity index (χ1n) is 7.07. The van der Waals surface area contributed by atoms with Crippen molar-refractivity contribution in [3.05, 3.63) is 50.2 Å². The van der Waals surface area contributed by atoms with Gasteiger partial charge in [0.05, 0.1) is 15.9 Å². The Morgan fingerprint density at radius 3 is 2.62 bits per heavy atom. The molecule has 114 valence electrons. The highest BCUT2D eigenvalue weighted by Crippen LogP contribution is 2.26. The molecule has 21 heavy (non-hydrogen) atoms. The average Bonchev–Trinajstić information content (AvgIpc) is 2.74. The molecule has 0 aliphatic rings. The molecule has 1 aromatic carbocycles. The number of aryl methyl sites for hydroxylation is 2. The Morgan fingerprint density at radius 1 is 1.24 bits per heavy atom. The Kier molecular flexibility index (Phi) is 6.51. The van der Waals surface area contributed by atoms with Gasteiger partial charge in [-0.25, -0.2) is 0 Å². The largest absolute Gasteiger partial charge is 0.268 e. The Bertz CT molecular complexity index is 608. The van der Waals surface area contributed by atoms with E-state index in [-0.39, 0.29) is 0 Å². The van der Waals surface area contributed by atoms with Crippen LogP contribution >= 0.6 is 47.8 Å². The normalized spacial score (nSPS) is 12.6. The summed E-state index contributed by atoms with van der Waals surface area (Å²) in [6.45, 7) is 5.10. The highest BCUT2D eigenvalue weighted by molar-refractivity contribution is 9.11. The molecule has 0 radical (unpaired) electrons. The lowest BCUT2D eigenvalue weighted by molar-refractivity contribution is 0.534. The Morgan fingerprint density at radius 2 is 2.00 bits per heavy atom. The van der Waals surface area contributed by atoms with Crippen LogP contribution in [0.25, 0.3) is 0 Å². The maximum atomic E-state index is 4.58. The topological polar surface area (TPSA) is 17.8 Å². The van der Waals surface area contributed by atoms with Crippen molar-refractivity contribution in [3.63, 3.8) is 0 Å². The fourth-order valence-electron chi connectivity index (χ4n) is 2.52. The van der Waals surface area contributed by atoms with Gasteiger partial charge in [0.15, 0.2) is 0 Å². The predicted molar refractivity (Wildman–Crippen MR) is 99.2 cm³/mol. The second-order valence-electron chi connectivity index (χ2n) is 5.22. The van der Waals surface area contributed by atoms with Crippen molar-refractivity contribution in [2.45, 2.75) is 33.2 Å². The minimum Gasteiger partial charge on any atom is -0.268 e. The van der Waals surface area contributed by atoms with Crippen LogP contribution in [-0.2, 0) is 19.4 Å². The molecule has 0 bridgehead atoms. The lowest BCUT2D eigenvalue weighted by Crippen LogP contribution is -2.14. The molecular formula is C16H19Br3N2. The minimum absolute atomic E-state index is 0.553. The van der Waals surface area contributed by atoms with Gasteiger partial charge in [-0.3, -0.25) is 4.68 Å². The van der Waals surface area contributed by atoms with Crippen LogP contribution in [0.3, 0.4) is 0 Å². The molecule has 0 saturated carbocycles. The summed E-state index contributed by atoms with van der Waals surface area (Å²) in [7, 11) is 0. The monoisotopic (exact) mass is 476 g/mol. The molecule has 0 N–H and O–H groups in total. The van der Waals surface area contributed by atoms with E-state index in [0.29, 0.717) is 5.92 Å². The summed E-state index contributed by atoms with van der Waals surface area (Å²) >= 11 is 10.9. The molecule has 0 saturated heterocycles. The van der Waals surface area contributed by atoms with Crippen molar-refractivity contribution in [1.82, 2.24) is 9.78 Å². The number of nitrogens with zero attached hydrogens (tertiary/aromatic N) is 2. The quantitative estimate of drug-likeness (QED) is 0.499. The molecular weight excluding hydrogens is 460 g/mol. The average molecular weight is 479 g/mol. The van der Waals surface area contributed by atoms with E-state index in [0.717, 1.165) is 39.4 Å². The number of rotatable bonds is 6. The molecule has 0 aliphatic heterocycles. The lowest BCUT2D eigenvalue weighted by atomic mass is 9.96.